The van der Waals surface area contributed by atoms with Crippen molar-refractivity contribution >= 4 is 11.0 Å². The highest BCUT2D eigenvalue weighted by atomic mass is 16.5. The van der Waals surface area contributed by atoms with Gasteiger partial charge in [0.15, 0.2) is 0 Å². The number of aromatic nitrogens is 2. The Morgan fingerprint density at radius 1 is 1.15 bits per heavy atom. The van der Waals surface area contributed by atoms with Crippen LogP contribution in [0.25, 0.3) is 11.0 Å². The van der Waals surface area contributed by atoms with Crippen LogP contribution in [0, 0.1) is 0 Å². The summed E-state index contributed by atoms with van der Waals surface area (Å²) in [5, 5.41) is 1.26. The third-order valence-corrected chi connectivity index (χ3v) is 5.72. The summed E-state index contributed by atoms with van der Waals surface area (Å²) < 4.78 is 5.58. The van der Waals surface area contributed by atoms with Crippen LogP contribution in [-0.4, -0.2) is 41.7 Å². The van der Waals surface area contributed by atoms with Gasteiger partial charge in [-0.15, -0.1) is 0 Å². The number of ether oxygens (including phenoxy) is 1. The van der Waals surface area contributed by atoms with Crippen molar-refractivity contribution in [3.8, 4) is 0 Å². The summed E-state index contributed by atoms with van der Waals surface area (Å²) in [4.78, 5) is 10.6. The van der Waals surface area contributed by atoms with E-state index in [2.05, 4.69) is 65.2 Å². The Morgan fingerprint density at radius 3 is 2.70 bits per heavy atom. The lowest BCUT2D eigenvalue weighted by molar-refractivity contribution is 0.0843. The Labute approximate surface area is 161 Å². The van der Waals surface area contributed by atoms with Crippen LogP contribution in [0.5, 0.6) is 0 Å². The van der Waals surface area contributed by atoms with Crippen molar-refractivity contribution in [1.82, 2.24) is 14.9 Å². The third kappa shape index (κ3) is 4.07. The molecule has 2 aromatic heterocycles. The molecule has 4 nitrogen and oxygen atoms in total. The summed E-state index contributed by atoms with van der Waals surface area (Å²) in [6.07, 6.45) is 4.05. The molecule has 1 atom stereocenters. The summed E-state index contributed by atoms with van der Waals surface area (Å²) in [5.41, 5.74) is 5.19. The van der Waals surface area contributed by atoms with Gasteiger partial charge in [0.05, 0.1) is 0 Å². The molecule has 0 spiro atoms. The van der Waals surface area contributed by atoms with E-state index in [-0.39, 0.29) is 0 Å². The van der Waals surface area contributed by atoms with E-state index in [1.165, 1.54) is 22.2 Å². The number of nitrogens with zero attached hydrogens (tertiary/aromatic N) is 2. The number of hydrogen-bond acceptors (Lipinski definition) is 3. The van der Waals surface area contributed by atoms with Crippen LogP contribution in [0.15, 0.2) is 48.7 Å². The number of pyridine rings is 1. The Morgan fingerprint density at radius 2 is 1.93 bits per heavy atom. The molecule has 1 saturated heterocycles. The highest BCUT2D eigenvalue weighted by molar-refractivity contribution is 5.81. The average Bonchev–Trinajstić information content (AvgIpc) is 3.08. The number of fused-ring (bicyclic) bond motifs is 1. The second-order valence-electron chi connectivity index (χ2n) is 7.81. The van der Waals surface area contributed by atoms with Crippen molar-refractivity contribution < 1.29 is 4.74 Å². The SMILES string of the molecule is C[C@@H](CN(C)Cc1c(C2CCOCC2)[nH]c2ncccc12)c1ccccc1. The molecule has 1 fully saturated rings. The van der Waals surface area contributed by atoms with Crippen LogP contribution in [0.4, 0.5) is 0 Å². The maximum absolute atomic E-state index is 5.58. The molecule has 27 heavy (non-hydrogen) atoms. The summed E-state index contributed by atoms with van der Waals surface area (Å²) >= 11 is 0. The Kier molecular flexibility index (Phi) is 5.55. The fourth-order valence-corrected chi connectivity index (χ4v) is 4.29. The highest BCUT2D eigenvalue weighted by Gasteiger charge is 2.23. The molecule has 0 amide bonds. The number of rotatable bonds is 6. The minimum Gasteiger partial charge on any atom is -0.381 e. The van der Waals surface area contributed by atoms with Crippen LogP contribution >= 0.6 is 0 Å². The normalized spacial score (nSPS) is 16.9. The molecule has 0 bridgehead atoms. The highest BCUT2D eigenvalue weighted by Crippen LogP contribution is 2.33. The van der Waals surface area contributed by atoms with E-state index < -0.39 is 0 Å². The first-order chi connectivity index (χ1) is 13.2. The maximum Gasteiger partial charge on any atom is 0.137 e. The second-order valence-corrected chi connectivity index (χ2v) is 7.81. The zero-order valence-electron chi connectivity index (χ0n) is 16.3. The van der Waals surface area contributed by atoms with E-state index in [0.717, 1.165) is 44.8 Å². The standard InChI is InChI=1S/C23H29N3O/c1-17(18-7-4-3-5-8-18)15-26(2)16-21-20-9-6-12-24-23(20)25-22(21)19-10-13-27-14-11-19/h3-9,12,17,19H,10-11,13-16H2,1-2H3,(H,24,25)/t17-/m0/s1. The molecule has 4 rings (SSSR count). The van der Waals surface area contributed by atoms with E-state index in [1.807, 2.05) is 12.3 Å². The molecule has 0 radical (unpaired) electrons. The summed E-state index contributed by atoms with van der Waals surface area (Å²) in [6.45, 7) is 5.99. The molecule has 3 heterocycles. The average molecular weight is 364 g/mol. The molecule has 4 heteroatoms. The van der Waals surface area contributed by atoms with Gasteiger partial charge in [0, 0.05) is 49.5 Å². The Bertz CT molecular complexity index is 868. The number of H-pyrrole nitrogens is 1. The van der Waals surface area contributed by atoms with Gasteiger partial charge in [0.1, 0.15) is 5.65 Å². The minimum atomic E-state index is 0.506. The van der Waals surface area contributed by atoms with Gasteiger partial charge < -0.3 is 14.6 Å². The first-order valence-corrected chi connectivity index (χ1v) is 9.99. The number of likely N-dealkylation sites (N-methyl/N-ethyl adjacent to an activating group) is 1. The lowest BCUT2D eigenvalue weighted by atomic mass is 9.93. The molecule has 0 unspecified atom stereocenters. The lowest BCUT2D eigenvalue weighted by Crippen LogP contribution is -2.24. The smallest absolute Gasteiger partial charge is 0.137 e. The van der Waals surface area contributed by atoms with Crippen LogP contribution < -0.4 is 0 Å². The number of benzene rings is 1. The van der Waals surface area contributed by atoms with Crippen molar-refractivity contribution in [1.29, 1.82) is 0 Å². The Hall–Kier alpha value is -2.17. The van der Waals surface area contributed by atoms with Crippen molar-refractivity contribution in [2.24, 2.45) is 0 Å². The number of hydrogen-bond donors (Lipinski definition) is 1. The quantitative estimate of drug-likeness (QED) is 0.690. The van der Waals surface area contributed by atoms with Gasteiger partial charge in [-0.25, -0.2) is 4.98 Å². The molecular weight excluding hydrogens is 334 g/mol. The summed E-state index contributed by atoms with van der Waals surface area (Å²) in [5.74, 6) is 1.05. The molecule has 1 aliphatic heterocycles. The van der Waals surface area contributed by atoms with E-state index in [1.54, 1.807) is 0 Å². The largest absolute Gasteiger partial charge is 0.381 e. The Balaban J connectivity index is 1.56. The summed E-state index contributed by atoms with van der Waals surface area (Å²) in [7, 11) is 2.22. The van der Waals surface area contributed by atoms with Crippen molar-refractivity contribution in [3.63, 3.8) is 0 Å². The fraction of sp³-hybridized carbons (Fsp3) is 0.435. The fourth-order valence-electron chi connectivity index (χ4n) is 4.29. The zero-order valence-corrected chi connectivity index (χ0v) is 16.3. The first kappa shape index (κ1) is 18.2. The van der Waals surface area contributed by atoms with E-state index >= 15 is 0 Å². The monoisotopic (exact) mass is 363 g/mol. The van der Waals surface area contributed by atoms with Gasteiger partial charge in [-0.2, -0.15) is 0 Å². The van der Waals surface area contributed by atoms with Gasteiger partial charge in [-0.3, -0.25) is 0 Å². The molecule has 0 aliphatic carbocycles. The molecule has 142 valence electrons. The lowest BCUT2D eigenvalue weighted by Gasteiger charge is -2.25. The summed E-state index contributed by atoms with van der Waals surface area (Å²) in [6, 6.07) is 15.0. The van der Waals surface area contributed by atoms with Crippen molar-refractivity contribution in [2.45, 2.75) is 38.1 Å². The molecule has 1 N–H and O–H groups in total. The van der Waals surface area contributed by atoms with E-state index in [0.29, 0.717) is 11.8 Å². The number of aromatic amines is 1. The predicted molar refractivity (Wildman–Crippen MR) is 110 cm³/mol. The maximum atomic E-state index is 5.58. The molecule has 1 aliphatic rings. The van der Waals surface area contributed by atoms with Crippen LogP contribution in [0.3, 0.4) is 0 Å². The third-order valence-electron chi connectivity index (χ3n) is 5.72. The van der Waals surface area contributed by atoms with Crippen LogP contribution in [0.1, 0.15) is 48.4 Å². The van der Waals surface area contributed by atoms with E-state index in [9.17, 15) is 0 Å². The second kappa shape index (κ2) is 8.24. The molecule has 3 aromatic rings. The predicted octanol–water partition coefficient (Wildman–Crippen LogP) is 4.69. The van der Waals surface area contributed by atoms with E-state index in [4.69, 9.17) is 4.74 Å². The first-order valence-electron chi connectivity index (χ1n) is 9.99. The van der Waals surface area contributed by atoms with Gasteiger partial charge in [-0.1, -0.05) is 37.3 Å². The van der Waals surface area contributed by atoms with Crippen LogP contribution in [-0.2, 0) is 11.3 Å². The minimum absolute atomic E-state index is 0.506. The number of nitrogens with one attached hydrogen (secondary N) is 1. The molecular formula is C23H29N3O. The zero-order chi connectivity index (χ0) is 18.6. The van der Waals surface area contributed by atoms with Gasteiger partial charge in [0.25, 0.3) is 0 Å². The molecule has 1 aromatic carbocycles. The van der Waals surface area contributed by atoms with Gasteiger partial charge in [-0.05, 0) is 49.1 Å². The van der Waals surface area contributed by atoms with Crippen LogP contribution in [0.2, 0.25) is 0 Å². The van der Waals surface area contributed by atoms with Crippen molar-refractivity contribution in [2.75, 3.05) is 26.8 Å². The van der Waals surface area contributed by atoms with Gasteiger partial charge in [0.2, 0.25) is 0 Å². The van der Waals surface area contributed by atoms with Gasteiger partial charge >= 0.3 is 0 Å². The van der Waals surface area contributed by atoms with Crippen molar-refractivity contribution in [3.05, 3.63) is 65.5 Å². The topological polar surface area (TPSA) is 41.1 Å². The molecule has 0 saturated carbocycles.